The summed E-state index contributed by atoms with van der Waals surface area (Å²) in [5, 5.41) is 15.4. The summed E-state index contributed by atoms with van der Waals surface area (Å²) in [7, 11) is -3.68. The molecule has 2 aromatic rings. The Balaban J connectivity index is 0.00000364. The predicted molar refractivity (Wildman–Crippen MR) is 99.8 cm³/mol. The number of carbonyl (C=O) groups excluding carboxylic acids is 1. The van der Waals surface area contributed by atoms with Gasteiger partial charge in [-0.1, -0.05) is 37.3 Å². The van der Waals surface area contributed by atoms with Gasteiger partial charge < -0.3 is 15.3 Å². The first-order valence-electron chi connectivity index (χ1n) is 7.94. The number of hydrogen-bond donors (Lipinski definition) is 4. The molecular formula is C16H20Li2N3O5PS+2. The Bertz CT molecular complexity index is 822. The van der Waals surface area contributed by atoms with Gasteiger partial charge in [-0.3, -0.25) is 9.36 Å². The van der Waals surface area contributed by atoms with E-state index in [0.717, 1.165) is 16.9 Å². The van der Waals surface area contributed by atoms with Crippen molar-refractivity contribution in [1.82, 2.24) is 10.1 Å². The summed E-state index contributed by atoms with van der Waals surface area (Å²) in [4.78, 5) is 37.3. The summed E-state index contributed by atoms with van der Waals surface area (Å²) in [5.74, 6) is -1.74. The Morgan fingerprint density at radius 2 is 1.89 bits per heavy atom. The maximum absolute atomic E-state index is 12.6. The number of thiazole rings is 1. The fraction of sp³-hybridized carbons (Fsp3) is 0.312. The molecule has 1 aromatic carbocycles. The Hall–Kier alpha value is -0.865. The topological polar surface area (TPSA) is 129 Å². The number of aromatic nitrogens is 1. The molecule has 12 heteroatoms. The van der Waals surface area contributed by atoms with Crippen molar-refractivity contribution in [1.29, 1.82) is 0 Å². The van der Waals surface area contributed by atoms with Gasteiger partial charge in [0, 0.05) is 11.5 Å². The number of anilines is 1. The summed E-state index contributed by atoms with van der Waals surface area (Å²) in [5.41, 5.74) is 0.652. The van der Waals surface area contributed by atoms with Crippen LogP contribution in [0.3, 0.4) is 0 Å². The molecule has 0 saturated carbocycles. The molecule has 0 spiro atoms. The molecule has 0 aliphatic rings. The molecule has 4 N–H and O–H groups in total. The number of carboxylic acids is 1. The van der Waals surface area contributed by atoms with Crippen LogP contribution in [0.5, 0.6) is 0 Å². The normalized spacial score (nSPS) is 13.4. The maximum Gasteiger partial charge on any atom is 1.00 e. The molecule has 0 radical (unpaired) electrons. The van der Waals surface area contributed by atoms with Gasteiger partial charge in [0.15, 0.2) is 10.8 Å². The van der Waals surface area contributed by atoms with Crippen LogP contribution < -0.4 is 48.1 Å². The largest absolute Gasteiger partial charge is 1.00 e. The van der Waals surface area contributed by atoms with Gasteiger partial charge in [0.1, 0.15) is 0 Å². The summed E-state index contributed by atoms with van der Waals surface area (Å²) in [6.45, 7) is 1.78. The summed E-state index contributed by atoms with van der Waals surface area (Å²) in [6, 6.07) is 8.13. The van der Waals surface area contributed by atoms with Gasteiger partial charge in [0.25, 0.3) is 7.52 Å². The van der Waals surface area contributed by atoms with Crippen molar-refractivity contribution >= 4 is 35.9 Å². The molecule has 0 bridgehead atoms. The molecule has 2 rings (SSSR count). The first kappa shape index (κ1) is 27.1. The van der Waals surface area contributed by atoms with Gasteiger partial charge in [-0.15, -0.1) is 11.3 Å². The van der Waals surface area contributed by atoms with Gasteiger partial charge in [0.05, 0.1) is 6.04 Å². The van der Waals surface area contributed by atoms with Crippen LogP contribution in [-0.2, 0) is 15.8 Å². The van der Waals surface area contributed by atoms with E-state index in [4.69, 9.17) is 5.11 Å². The SMILES string of the molecule is CCCP(=O)(O)N[C@@H](Cc1ccccc1)C(=O)Nc1nc(C(=O)O)cs1.[Li+].[Li+]. The number of nitrogens with one attached hydrogen (secondary N) is 2. The molecule has 1 unspecified atom stereocenters. The molecule has 28 heavy (non-hydrogen) atoms. The van der Waals surface area contributed by atoms with Gasteiger partial charge >= 0.3 is 43.7 Å². The zero-order valence-corrected chi connectivity index (χ0v) is 17.8. The van der Waals surface area contributed by atoms with Crippen molar-refractivity contribution in [3.63, 3.8) is 0 Å². The first-order valence-corrected chi connectivity index (χ1v) is 10.7. The van der Waals surface area contributed by atoms with Crippen LogP contribution in [-0.4, -0.2) is 39.1 Å². The molecule has 1 aromatic heterocycles. The van der Waals surface area contributed by atoms with Crippen LogP contribution in [0.4, 0.5) is 5.13 Å². The molecule has 0 fully saturated rings. The molecule has 0 saturated heterocycles. The second-order valence-electron chi connectivity index (χ2n) is 5.63. The summed E-state index contributed by atoms with van der Waals surface area (Å²) >= 11 is 0.975. The summed E-state index contributed by atoms with van der Waals surface area (Å²) in [6.07, 6.45) is 0.749. The van der Waals surface area contributed by atoms with Gasteiger partial charge in [-0.25, -0.2) is 14.9 Å². The van der Waals surface area contributed by atoms with Gasteiger partial charge in [-0.05, 0) is 18.4 Å². The third kappa shape index (κ3) is 8.65. The van der Waals surface area contributed by atoms with E-state index in [0.29, 0.717) is 6.42 Å². The van der Waals surface area contributed by atoms with Crippen molar-refractivity contribution in [2.24, 2.45) is 0 Å². The average Bonchev–Trinajstić information content (AvgIpc) is 3.03. The fourth-order valence-corrected chi connectivity index (χ4v) is 4.40. The first-order chi connectivity index (χ1) is 12.3. The average molecular weight is 411 g/mol. The minimum absolute atomic E-state index is 0. The monoisotopic (exact) mass is 411 g/mol. The quantitative estimate of drug-likeness (QED) is 0.250. The minimum atomic E-state index is -3.68. The number of amides is 1. The fourth-order valence-electron chi connectivity index (χ4n) is 2.28. The van der Waals surface area contributed by atoms with Crippen molar-refractivity contribution in [3.05, 3.63) is 47.0 Å². The number of rotatable bonds is 9. The standard InChI is InChI=1S/C16H20N3O5PS.2Li/c1-2-8-25(23,24)19-12(9-11-6-4-3-5-7-11)14(20)18-16-17-13(10-26-16)15(21)22;;/h3-7,10,12H,2,8-9H2,1H3,(H,21,22)(H,17,18,20)(H2,19,23,24);;/q;2*+1/t12-;;/m0../s1. The zero-order valence-electron chi connectivity index (χ0n) is 16.1. The number of aromatic carboxylic acids is 1. The molecule has 1 heterocycles. The molecule has 0 aliphatic heterocycles. The molecule has 8 nitrogen and oxygen atoms in total. The zero-order chi connectivity index (χ0) is 19.2. The van der Waals surface area contributed by atoms with E-state index in [1.807, 2.05) is 30.3 Å². The number of nitrogens with zero attached hydrogens (tertiary/aromatic N) is 1. The van der Waals surface area contributed by atoms with Gasteiger partial charge in [0.2, 0.25) is 5.91 Å². The Labute approximate surface area is 191 Å². The van der Waals surface area contributed by atoms with E-state index in [2.05, 4.69) is 15.4 Å². The third-order valence-corrected chi connectivity index (χ3v) is 5.96. The van der Waals surface area contributed by atoms with Crippen LogP contribution in [0.15, 0.2) is 35.7 Å². The van der Waals surface area contributed by atoms with E-state index < -0.39 is 25.4 Å². The number of hydrogen-bond acceptors (Lipinski definition) is 5. The van der Waals surface area contributed by atoms with Crippen molar-refractivity contribution in [2.45, 2.75) is 25.8 Å². The van der Waals surface area contributed by atoms with E-state index in [-0.39, 0.29) is 61.1 Å². The van der Waals surface area contributed by atoms with E-state index in [1.54, 1.807) is 6.92 Å². The molecule has 0 aliphatic carbocycles. The Kier molecular flexibility index (Phi) is 12.3. The predicted octanol–water partition coefficient (Wildman–Crippen LogP) is -3.42. The molecular weight excluding hydrogens is 391 g/mol. The smallest absolute Gasteiger partial charge is 0.476 e. The Morgan fingerprint density at radius 1 is 1.25 bits per heavy atom. The van der Waals surface area contributed by atoms with Crippen LogP contribution in [0.25, 0.3) is 0 Å². The second-order valence-corrected chi connectivity index (χ2v) is 8.60. The molecule has 2 atom stereocenters. The second kappa shape index (κ2) is 12.6. The molecule has 1 amide bonds. The number of carboxylic acid groups (broad SMARTS) is 1. The minimum Gasteiger partial charge on any atom is -0.476 e. The van der Waals surface area contributed by atoms with Crippen molar-refractivity contribution in [3.8, 4) is 0 Å². The number of benzene rings is 1. The van der Waals surface area contributed by atoms with Crippen molar-refractivity contribution in [2.75, 3.05) is 11.5 Å². The molecule has 140 valence electrons. The van der Waals surface area contributed by atoms with Crippen molar-refractivity contribution < 1.29 is 61.9 Å². The Morgan fingerprint density at radius 3 is 2.43 bits per heavy atom. The van der Waals surface area contributed by atoms with E-state index in [9.17, 15) is 19.0 Å². The summed E-state index contributed by atoms with van der Waals surface area (Å²) < 4.78 is 12.2. The number of carbonyl (C=O) groups is 2. The van der Waals surface area contributed by atoms with Crippen LogP contribution in [0.1, 0.15) is 29.4 Å². The van der Waals surface area contributed by atoms with Crippen LogP contribution in [0, 0.1) is 0 Å². The van der Waals surface area contributed by atoms with Gasteiger partial charge in [-0.2, -0.15) is 0 Å². The maximum atomic E-state index is 12.6. The van der Waals surface area contributed by atoms with Crippen LogP contribution in [0.2, 0.25) is 0 Å². The third-order valence-electron chi connectivity index (χ3n) is 3.44. The van der Waals surface area contributed by atoms with Crippen LogP contribution >= 0.6 is 18.9 Å². The van der Waals surface area contributed by atoms with E-state index >= 15 is 0 Å². The van der Waals surface area contributed by atoms with E-state index in [1.165, 1.54) is 5.38 Å².